The Morgan fingerprint density at radius 3 is 2.76 bits per heavy atom. The second kappa shape index (κ2) is 6.85. The van der Waals surface area contributed by atoms with Crippen molar-refractivity contribution in [2.24, 2.45) is 11.8 Å². The minimum Gasteiger partial charge on any atom is -0.380 e. The summed E-state index contributed by atoms with van der Waals surface area (Å²) in [6.07, 6.45) is 1.16. The van der Waals surface area contributed by atoms with Crippen molar-refractivity contribution in [1.82, 2.24) is 5.32 Å². The van der Waals surface area contributed by atoms with Gasteiger partial charge in [-0.1, -0.05) is 38.1 Å². The van der Waals surface area contributed by atoms with Crippen LogP contribution in [0.2, 0.25) is 0 Å². The van der Waals surface area contributed by atoms with Crippen molar-refractivity contribution in [3.8, 4) is 0 Å². The Labute approximate surface area is 125 Å². The van der Waals surface area contributed by atoms with Crippen LogP contribution in [0.5, 0.6) is 0 Å². The van der Waals surface area contributed by atoms with Gasteiger partial charge in [0, 0.05) is 25.4 Å². The first kappa shape index (κ1) is 15.7. The average Bonchev–Trinajstić information content (AvgIpc) is 2.42. The Balaban J connectivity index is 2.29. The number of imide groups is 1. The highest BCUT2D eigenvalue weighted by atomic mass is 16.5. The van der Waals surface area contributed by atoms with E-state index in [4.69, 9.17) is 4.74 Å². The average molecular weight is 289 g/mol. The Hall–Kier alpha value is -1.68. The normalized spacial score (nSPS) is 22.5. The molecule has 2 unspecified atom stereocenters. The molecule has 1 N–H and O–H groups in total. The number of carbonyl (C=O) groups excluding carboxylic acids is 2. The molecule has 1 fully saturated rings. The predicted molar refractivity (Wildman–Crippen MR) is 80.6 cm³/mol. The summed E-state index contributed by atoms with van der Waals surface area (Å²) in [6.45, 7) is 4.74. The van der Waals surface area contributed by atoms with E-state index in [1.165, 1.54) is 0 Å². The summed E-state index contributed by atoms with van der Waals surface area (Å²) >= 11 is 0. The van der Waals surface area contributed by atoms with E-state index in [1.807, 2.05) is 24.3 Å². The first-order chi connectivity index (χ1) is 10.0. The Bertz CT molecular complexity index is 525. The van der Waals surface area contributed by atoms with E-state index < -0.39 is 0 Å². The van der Waals surface area contributed by atoms with Crippen LogP contribution >= 0.6 is 0 Å². The topological polar surface area (TPSA) is 55.4 Å². The van der Waals surface area contributed by atoms with Crippen LogP contribution in [0.1, 0.15) is 43.7 Å². The number of benzene rings is 1. The molecule has 0 aromatic heterocycles. The van der Waals surface area contributed by atoms with Crippen molar-refractivity contribution in [3.05, 3.63) is 35.4 Å². The van der Waals surface area contributed by atoms with Gasteiger partial charge in [0.25, 0.3) is 0 Å². The van der Waals surface area contributed by atoms with E-state index >= 15 is 0 Å². The third-order valence-electron chi connectivity index (χ3n) is 3.91. The molecule has 21 heavy (non-hydrogen) atoms. The van der Waals surface area contributed by atoms with E-state index in [2.05, 4.69) is 19.2 Å². The molecule has 1 heterocycles. The summed E-state index contributed by atoms with van der Waals surface area (Å²) < 4.78 is 5.16. The number of piperidine rings is 1. The third kappa shape index (κ3) is 3.91. The van der Waals surface area contributed by atoms with E-state index in [-0.39, 0.29) is 23.7 Å². The lowest BCUT2D eigenvalue weighted by Gasteiger charge is -2.31. The smallest absolute Gasteiger partial charge is 0.230 e. The SMILES string of the molecule is COCc1cccc(C2CC(=O)NC(=O)C2CC(C)C)c1. The second-order valence-corrected chi connectivity index (χ2v) is 6.14. The van der Waals surface area contributed by atoms with E-state index in [0.29, 0.717) is 18.9 Å². The lowest BCUT2D eigenvalue weighted by molar-refractivity contribution is -0.137. The molecule has 2 rings (SSSR count). The number of hydrogen-bond acceptors (Lipinski definition) is 3. The number of carbonyl (C=O) groups is 2. The molecule has 0 bridgehead atoms. The zero-order chi connectivity index (χ0) is 15.4. The van der Waals surface area contributed by atoms with Crippen molar-refractivity contribution in [2.45, 2.75) is 39.2 Å². The number of hydrogen-bond donors (Lipinski definition) is 1. The van der Waals surface area contributed by atoms with Gasteiger partial charge in [-0.15, -0.1) is 0 Å². The lowest BCUT2D eigenvalue weighted by Crippen LogP contribution is -2.45. The van der Waals surface area contributed by atoms with Crippen molar-refractivity contribution in [2.75, 3.05) is 7.11 Å². The van der Waals surface area contributed by atoms with Crippen LogP contribution in [0.15, 0.2) is 24.3 Å². The maximum atomic E-state index is 12.2. The van der Waals surface area contributed by atoms with Crippen molar-refractivity contribution in [3.63, 3.8) is 0 Å². The van der Waals surface area contributed by atoms with Gasteiger partial charge < -0.3 is 4.74 Å². The summed E-state index contributed by atoms with van der Waals surface area (Å²) in [4.78, 5) is 23.9. The van der Waals surface area contributed by atoms with Gasteiger partial charge in [-0.25, -0.2) is 0 Å². The van der Waals surface area contributed by atoms with Crippen LogP contribution in [0.3, 0.4) is 0 Å². The Morgan fingerprint density at radius 2 is 2.10 bits per heavy atom. The fourth-order valence-corrected chi connectivity index (χ4v) is 3.02. The lowest BCUT2D eigenvalue weighted by atomic mass is 9.76. The molecule has 1 aliphatic rings. The standard InChI is InChI=1S/C17H23NO3/c1-11(2)7-15-14(9-16(19)18-17(15)20)13-6-4-5-12(8-13)10-21-3/h4-6,8,11,14-15H,7,9-10H2,1-3H3,(H,18,19,20). The molecular formula is C17H23NO3. The van der Waals surface area contributed by atoms with Gasteiger partial charge in [-0.2, -0.15) is 0 Å². The zero-order valence-electron chi connectivity index (χ0n) is 12.9. The van der Waals surface area contributed by atoms with Crippen LogP contribution in [0.4, 0.5) is 0 Å². The Kier molecular flexibility index (Phi) is 5.12. The molecule has 1 aliphatic heterocycles. The van der Waals surface area contributed by atoms with Crippen LogP contribution in [0, 0.1) is 11.8 Å². The molecule has 4 heteroatoms. The summed E-state index contributed by atoms with van der Waals surface area (Å²) in [7, 11) is 1.66. The van der Waals surface area contributed by atoms with E-state index in [0.717, 1.165) is 17.5 Å². The van der Waals surface area contributed by atoms with E-state index in [9.17, 15) is 9.59 Å². The van der Waals surface area contributed by atoms with Crippen molar-refractivity contribution in [1.29, 1.82) is 0 Å². The fourth-order valence-electron chi connectivity index (χ4n) is 3.02. The van der Waals surface area contributed by atoms with Gasteiger partial charge in [-0.05, 0) is 23.5 Å². The third-order valence-corrected chi connectivity index (χ3v) is 3.91. The van der Waals surface area contributed by atoms with Gasteiger partial charge in [-0.3, -0.25) is 14.9 Å². The summed E-state index contributed by atoms with van der Waals surface area (Å²) in [5, 5.41) is 2.47. The number of amides is 2. The van der Waals surface area contributed by atoms with Gasteiger partial charge >= 0.3 is 0 Å². The maximum absolute atomic E-state index is 12.2. The van der Waals surface area contributed by atoms with E-state index in [1.54, 1.807) is 7.11 Å². The summed E-state index contributed by atoms with van der Waals surface area (Å²) in [5.74, 6) is -0.0752. The maximum Gasteiger partial charge on any atom is 0.230 e. The van der Waals surface area contributed by atoms with Crippen molar-refractivity contribution < 1.29 is 14.3 Å². The van der Waals surface area contributed by atoms with Gasteiger partial charge in [0.2, 0.25) is 11.8 Å². The summed E-state index contributed by atoms with van der Waals surface area (Å²) in [6, 6.07) is 8.01. The van der Waals surface area contributed by atoms with Gasteiger partial charge in [0.1, 0.15) is 0 Å². The Morgan fingerprint density at radius 1 is 1.33 bits per heavy atom. The molecule has 2 amide bonds. The highest BCUT2D eigenvalue weighted by Gasteiger charge is 2.36. The van der Waals surface area contributed by atoms with Crippen LogP contribution in [0.25, 0.3) is 0 Å². The summed E-state index contributed by atoms with van der Waals surface area (Å²) in [5.41, 5.74) is 2.12. The number of ether oxygens (including phenoxy) is 1. The fraction of sp³-hybridized carbons (Fsp3) is 0.529. The molecular weight excluding hydrogens is 266 g/mol. The zero-order valence-corrected chi connectivity index (χ0v) is 12.9. The van der Waals surface area contributed by atoms with Crippen LogP contribution < -0.4 is 5.32 Å². The highest BCUT2D eigenvalue weighted by molar-refractivity contribution is 5.99. The minimum absolute atomic E-state index is 0.0366. The molecule has 0 radical (unpaired) electrons. The second-order valence-electron chi connectivity index (χ2n) is 6.14. The minimum atomic E-state index is -0.179. The molecule has 1 saturated heterocycles. The van der Waals surface area contributed by atoms with Crippen LogP contribution in [-0.2, 0) is 20.9 Å². The number of rotatable bonds is 5. The highest BCUT2D eigenvalue weighted by Crippen LogP contribution is 2.35. The molecule has 0 spiro atoms. The monoisotopic (exact) mass is 289 g/mol. The number of nitrogens with one attached hydrogen (secondary N) is 1. The molecule has 0 aliphatic carbocycles. The largest absolute Gasteiger partial charge is 0.380 e. The molecule has 1 aromatic rings. The molecule has 0 saturated carbocycles. The molecule has 2 atom stereocenters. The van der Waals surface area contributed by atoms with Crippen LogP contribution in [-0.4, -0.2) is 18.9 Å². The van der Waals surface area contributed by atoms with Gasteiger partial charge in [0.05, 0.1) is 6.61 Å². The number of methoxy groups -OCH3 is 1. The van der Waals surface area contributed by atoms with Crippen molar-refractivity contribution >= 4 is 11.8 Å². The van der Waals surface area contributed by atoms with Gasteiger partial charge in [0.15, 0.2) is 0 Å². The quantitative estimate of drug-likeness (QED) is 0.848. The molecule has 1 aromatic carbocycles. The predicted octanol–water partition coefficient (Wildman–Crippen LogP) is 2.63. The molecule has 4 nitrogen and oxygen atoms in total. The first-order valence-corrected chi connectivity index (χ1v) is 7.42. The first-order valence-electron chi connectivity index (χ1n) is 7.42. The molecule has 114 valence electrons.